The van der Waals surface area contributed by atoms with E-state index >= 15 is 4.79 Å². The van der Waals surface area contributed by atoms with Crippen molar-refractivity contribution in [1.82, 2.24) is 0 Å². The van der Waals surface area contributed by atoms with Gasteiger partial charge in [0.05, 0.1) is 47.2 Å². The van der Waals surface area contributed by atoms with Crippen molar-refractivity contribution in [2.24, 2.45) is 23.7 Å². The molecule has 51 heavy (non-hydrogen) atoms. The van der Waals surface area contributed by atoms with E-state index in [1.165, 1.54) is 37.4 Å². The Morgan fingerprint density at radius 2 is 1.55 bits per heavy atom. The molecule has 256 valence electrons. The van der Waals surface area contributed by atoms with Crippen LogP contribution in [0.4, 0.5) is 11.4 Å². The maximum Gasteiger partial charge on any atom is 0.335 e. The number of rotatable bonds is 6. The summed E-state index contributed by atoms with van der Waals surface area (Å²) in [5.74, 6) is -7.19. The van der Waals surface area contributed by atoms with Crippen molar-refractivity contribution < 1.29 is 38.9 Å². The van der Waals surface area contributed by atoms with E-state index in [4.69, 9.17) is 16.3 Å². The third-order valence-electron chi connectivity index (χ3n) is 11.1. The quantitative estimate of drug-likeness (QED) is 0.181. The van der Waals surface area contributed by atoms with Gasteiger partial charge in [0.15, 0.2) is 0 Å². The highest BCUT2D eigenvalue weighted by atomic mass is 35.5. The second-order valence-corrected chi connectivity index (χ2v) is 13.8. The molecule has 0 aromatic heterocycles. The van der Waals surface area contributed by atoms with Crippen LogP contribution in [0.1, 0.15) is 40.2 Å². The second-order valence-electron chi connectivity index (χ2n) is 13.4. The summed E-state index contributed by atoms with van der Waals surface area (Å²) in [5.41, 5.74) is 0.370. The topological polar surface area (TPSA) is 142 Å². The molecule has 8 rings (SSSR count). The molecule has 3 fully saturated rings. The van der Waals surface area contributed by atoms with Crippen molar-refractivity contribution in [2.45, 2.75) is 24.2 Å². The van der Waals surface area contributed by atoms with Crippen LogP contribution in [0.5, 0.6) is 11.5 Å². The number of allylic oxidation sites excluding steroid dienone is 2. The molecule has 2 saturated heterocycles. The summed E-state index contributed by atoms with van der Waals surface area (Å²) in [6.07, 6.45) is 2.11. The van der Waals surface area contributed by atoms with Crippen LogP contribution in [0.2, 0.25) is 5.02 Å². The lowest BCUT2D eigenvalue weighted by atomic mass is 9.49. The molecule has 2 aliphatic heterocycles. The predicted octanol–water partition coefficient (Wildman–Crippen LogP) is 6.12. The molecule has 0 spiro atoms. The van der Waals surface area contributed by atoms with Crippen molar-refractivity contribution in [3.05, 3.63) is 130 Å². The van der Waals surface area contributed by atoms with Gasteiger partial charge in [-0.25, -0.2) is 9.69 Å². The minimum absolute atomic E-state index is 0.0623. The summed E-state index contributed by atoms with van der Waals surface area (Å²) in [5, 5.41) is 21.5. The number of hydrogen-bond acceptors (Lipinski definition) is 7. The summed E-state index contributed by atoms with van der Waals surface area (Å²) >= 11 is 6.37. The minimum atomic E-state index is -1.57. The molecule has 2 heterocycles. The van der Waals surface area contributed by atoms with Gasteiger partial charge >= 0.3 is 5.97 Å². The van der Waals surface area contributed by atoms with Gasteiger partial charge in [-0.1, -0.05) is 65.7 Å². The number of nitrogens with zero attached hydrogens (tertiary/aromatic N) is 2. The Labute approximate surface area is 297 Å². The lowest BCUT2D eigenvalue weighted by Crippen LogP contribution is -2.53. The van der Waals surface area contributed by atoms with E-state index in [1.807, 2.05) is 12.1 Å². The molecule has 2 aliphatic carbocycles. The number of benzene rings is 4. The molecule has 6 atom stereocenters. The molecule has 0 radical (unpaired) electrons. The summed E-state index contributed by atoms with van der Waals surface area (Å²) in [7, 11) is 1.49. The SMILES string of the molecule is COc1ccc(O)c(C2C3=CCC4C(=O)N(c5cccc(C(=O)O)c5)C(=O)C4C3CC3C(=O)N(c4cccc(Cl)c4)C(=O)C32c2ccccc2)c1. The molecule has 1 saturated carbocycles. The Hall–Kier alpha value is -5.74. The fraction of sp³-hybridized carbons (Fsp3) is 0.225. The normalized spacial score (nSPS) is 26.8. The number of phenolic OH excluding ortho intramolecular Hbond substituents is 1. The largest absolute Gasteiger partial charge is 0.508 e. The molecule has 4 aromatic rings. The van der Waals surface area contributed by atoms with Crippen LogP contribution < -0.4 is 14.5 Å². The van der Waals surface area contributed by atoms with Crippen molar-refractivity contribution in [3.63, 3.8) is 0 Å². The zero-order chi connectivity index (χ0) is 35.8. The van der Waals surface area contributed by atoms with Gasteiger partial charge in [0.2, 0.25) is 23.6 Å². The summed E-state index contributed by atoms with van der Waals surface area (Å²) in [6, 6.07) is 25.9. The summed E-state index contributed by atoms with van der Waals surface area (Å²) in [4.78, 5) is 72.7. The van der Waals surface area contributed by atoms with Gasteiger partial charge in [-0.3, -0.25) is 24.1 Å². The maximum absolute atomic E-state index is 15.3. The molecular weight excluding hydrogens is 672 g/mol. The zero-order valence-electron chi connectivity index (χ0n) is 27.2. The molecule has 0 bridgehead atoms. The highest BCUT2D eigenvalue weighted by Gasteiger charge is 2.70. The van der Waals surface area contributed by atoms with Crippen LogP contribution in [-0.2, 0) is 24.6 Å². The number of imide groups is 2. The third-order valence-corrected chi connectivity index (χ3v) is 11.3. The lowest BCUT2D eigenvalue weighted by Gasteiger charge is -2.50. The lowest BCUT2D eigenvalue weighted by molar-refractivity contribution is -0.127. The molecule has 2 N–H and O–H groups in total. The Balaban J connectivity index is 1.35. The van der Waals surface area contributed by atoms with Crippen molar-refractivity contribution in [3.8, 4) is 11.5 Å². The van der Waals surface area contributed by atoms with Gasteiger partial charge in [-0.05, 0) is 78.9 Å². The Morgan fingerprint density at radius 1 is 0.824 bits per heavy atom. The predicted molar refractivity (Wildman–Crippen MR) is 187 cm³/mol. The number of carbonyl (C=O) groups is 5. The van der Waals surface area contributed by atoms with E-state index in [1.54, 1.807) is 60.7 Å². The number of amides is 4. The number of methoxy groups -OCH3 is 1. The van der Waals surface area contributed by atoms with Gasteiger partial charge in [0, 0.05) is 16.5 Å². The number of phenols is 1. The minimum Gasteiger partial charge on any atom is -0.508 e. The number of aromatic carboxylic acids is 1. The van der Waals surface area contributed by atoms with Gasteiger partial charge in [-0.15, -0.1) is 0 Å². The van der Waals surface area contributed by atoms with E-state index in [-0.39, 0.29) is 29.8 Å². The van der Waals surface area contributed by atoms with E-state index in [2.05, 4.69) is 0 Å². The Bertz CT molecular complexity index is 2200. The molecule has 4 aromatic carbocycles. The van der Waals surface area contributed by atoms with E-state index < -0.39 is 64.6 Å². The van der Waals surface area contributed by atoms with Crippen LogP contribution in [0, 0.1) is 23.7 Å². The Morgan fingerprint density at radius 3 is 2.25 bits per heavy atom. The first-order valence-corrected chi connectivity index (χ1v) is 16.9. The monoisotopic (exact) mass is 702 g/mol. The molecule has 6 unspecified atom stereocenters. The standard InChI is InChI=1S/C40H31ClN2O8/c1-51-26-13-16-32(44)30(19-26)34-27-14-15-28-33(37(47)42(35(28)45)24-11-5-7-21(17-24)38(48)49)29(27)20-31-36(46)43(25-12-6-10-23(41)18-25)39(50)40(31,34)22-8-3-2-4-9-22/h2-14,16-19,28-29,31,33-34,44H,15,20H2,1H3,(H,48,49). The van der Waals surface area contributed by atoms with Crippen molar-refractivity contribution in [1.29, 1.82) is 0 Å². The van der Waals surface area contributed by atoms with E-state index in [0.717, 1.165) is 9.80 Å². The number of aromatic hydroxyl groups is 1. The van der Waals surface area contributed by atoms with Crippen LogP contribution >= 0.6 is 11.6 Å². The first-order chi connectivity index (χ1) is 24.6. The number of carboxylic acid groups (broad SMARTS) is 1. The smallest absolute Gasteiger partial charge is 0.335 e. The third kappa shape index (κ3) is 4.66. The van der Waals surface area contributed by atoms with Crippen LogP contribution in [0.3, 0.4) is 0 Å². The van der Waals surface area contributed by atoms with E-state index in [9.17, 15) is 29.4 Å². The zero-order valence-corrected chi connectivity index (χ0v) is 28.0. The fourth-order valence-electron chi connectivity index (χ4n) is 9.01. The van der Waals surface area contributed by atoms with Gasteiger partial charge < -0.3 is 14.9 Å². The van der Waals surface area contributed by atoms with Crippen LogP contribution in [-0.4, -0.2) is 46.9 Å². The van der Waals surface area contributed by atoms with Crippen molar-refractivity contribution in [2.75, 3.05) is 16.9 Å². The van der Waals surface area contributed by atoms with Crippen molar-refractivity contribution >= 4 is 52.6 Å². The molecule has 4 amide bonds. The highest BCUT2D eigenvalue weighted by Crippen LogP contribution is 2.65. The average molecular weight is 703 g/mol. The number of fused-ring (bicyclic) bond motifs is 4. The Kier molecular flexibility index (Phi) is 7.61. The van der Waals surface area contributed by atoms with Gasteiger partial charge in [-0.2, -0.15) is 0 Å². The van der Waals surface area contributed by atoms with Crippen LogP contribution in [0.25, 0.3) is 0 Å². The molecular formula is C40H31ClN2O8. The molecule has 4 aliphatic rings. The first kappa shape index (κ1) is 32.5. The maximum atomic E-state index is 15.3. The number of carbonyl (C=O) groups excluding carboxylic acids is 4. The number of ether oxygens (including phenoxy) is 1. The first-order valence-electron chi connectivity index (χ1n) is 16.6. The van der Waals surface area contributed by atoms with Gasteiger partial charge in [0.1, 0.15) is 11.5 Å². The van der Waals surface area contributed by atoms with Gasteiger partial charge in [0.25, 0.3) is 0 Å². The second kappa shape index (κ2) is 11.9. The number of hydrogen-bond donors (Lipinski definition) is 2. The molecule has 10 nitrogen and oxygen atoms in total. The fourth-order valence-corrected chi connectivity index (χ4v) is 9.20. The number of halogens is 1. The average Bonchev–Trinajstić information content (AvgIpc) is 3.53. The van der Waals surface area contributed by atoms with E-state index in [0.29, 0.717) is 33.2 Å². The molecule has 11 heteroatoms. The number of anilines is 2. The van der Waals surface area contributed by atoms with Crippen LogP contribution in [0.15, 0.2) is 109 Å². The summed E-state index contributed by atoms with van der Waals surface area (Å²) < 4.78 is 5.57. The highest BCUT2D eigenvalue weighted by molar-refractivity contribution is 6.32. The number of carboxylic acids is 1. The summed E-state index contributed by atoms with van der Waals surface area (Å²) in [6.45, 7) is 0.